The summed E-state index contributed by atoms with van der Waals surface area (Å²) in [5.41, 5.74) is 0.266. The first-order chi connectivity index (χ1) is 11.9. The van der Waals surface area contributed by atoms with Crippen LogP contribution in [0, 0.1) is 0 Å². The van der Waals surface area contributed by atoms with Crippen LogP contribution in [0.2, 0.25) is 0 Å². The van der Waals surface area contributed by atoms with E-state index in [9.17, 15) is 24.6 Å². The molecule has 0 unspecified atom stereocenters. The lowest BCUT2D eigenvalue weighted by molar-refractivity contribution is 0.0974. The second kappa shape index (κ2) is 5.01. The van der Waals surface area contributed by atoms with E-state index in [2.05, 4.69) is 0 Å². The number of rotatable bonds is 1. The Morgan fingerprint density at radius 2 is 1.32 bits per heavy atom. The van der Waals surface area contributed by atoms with Crippen molar-refractivity contribution in [2.75, 3.05) is 0 Å². The van der Waals surface area contributed by atoms with Crippen LogP contribution in [-0.2, 0) is 0 Å². The number of hydrogen-bond acceptors (Lipinski definition) is 5. The first kappa shape index (κ1) is 15.1. The van der Waals surface area contributed by atoms with E-state index >= 15 is 0 Å². The average molecular weight is 332 g/mol. The Morgan fingerprint density at radius 1 is 0.800 bits per heavy atom. The van der Waals surface area contributed by atoms with Gasteiger partial charge in [0.05, 0.1) is 11.1 Å². The summed E-state index contributed by atoms with van der Waals surface area (Å²) < 4.78 is 0. The lowest BCUT2D eigenvalue weighted by atomic mass is 9.81. The van der Waals surface area contributed by atoms with Gasteiger partial charge in [0.1, 0.15) is 11.5 Å². The average Bonchev–Trinajstić information content (AvgIpc) is 2.62. The summed E-state index contributed by atoms with van der Waals surface area (Å²) in [6.45, 7) is 1.38. The third-order valence-electron chi connectivity index (χ3n) is 4.53. The zero-order valence-electron chi connectivity index (χ0n) is 13.2. The number of phenolic OH excluding ortho intramolecular Hbond substituents is 2. The highest BCUT2D eigenvalue weighted by atomic mass is 16.3. The number of hydrogen-bond donors (Lipinski definition) is 2. The first-order valence-electron chi connectivity index (χ1n) is 7.62. The zero-order valence-corrected chi connectivity index (χ0v) is 13.2. The molecule has 0 saturated carbocycles. The van der Waals surface area contributed by atoms with Crippen LogP contribution in [-0.4, -0.2) is 27.6 Å². The molecule has 0 atom stereocenters. The maximum Gasteiger partial charge on any atom is 0.198 e. The van der Waals surface area contributed by atoms with E-state index in [0.29, 0.717) is 5.56 Å². The molecule has 2 N–H and O–H groups in total. The van der Waals surface area contributed by atoms with Crippen molar-refractivity contribution in [2.45, 2.75) is 6.92 Å². The predicted octanol–water partition coefficient (Wildman–Crippen LogP) is 3.23. The van der Waals surface area contributed by atoms with Gasteiger partial charge in [-0.05, 0) is 19.1 Å². The second-order valence-electron chi connectivity index (χ2n) is 5.97. The molecule has 1 aliphatic carbocycles. The number of fused-ring (bicyclic) bond motifs is 3. The van der Waals surface area contributed by atoms with Gasteiger partial charge in [0.25, 0.3) is 0 Å². The van der Waals surface area contributed by atoms with Gasteiger partial charge in [-0.3, -0.25) is 14.4 Å². The standard InChI is InChI=1S/C20H12O5/c1-9(21)10-6-7-13-14(8-10)20(25)16-15(19(13)24)17(22)11-4-2-3-5-12(11)18(16)23/h2-8,24-25H,1H3. The Kier molecular flexibility index (Phi) is 3.02. The minimum Gasteiger partial charge on any atom is -0.506 e. The Hall–Kier alpha value is -3.47. The molecule has 5 nitrogen and oxygen atoms in total. The molecule has 0 saturated heterocycles. The number of carbonyl (C=O) groups is 3. The Bertz CT molecular complexity index is 1120. The van der Waals surface area contributed by atoms with Crippen molar-refractivity contribution in [1.29, 1.82) is 0 Å². The highest BCUT2D eigenvalue weighted by Gasteiger charge is 2.35. The van der Waals surface area contributed by atoms with Crippen molar-refractivity contribution in [2.24, 2.45) is 0 Å². The summed E-state index contributed by atoms with van der Waals surface area (Å²) in [5.74, 6) is -2.04. The van der Waals surface area contributed by atoms with Gasteiger partial charge in [-0.1, -0.05) is 30.3 Å². The monoisotopic (exact) mass is 332 g/mol. The maximum absolute atomic E-state index is 12.8. The molecule has 1 aliphatic rings. The third-order valence-corrected chi connectivity index (χ3v) is 4.53. The van der Waals surface area contributed by atoms with Gasteiger partial charge < -0.3 is 10.2 Å². The number of aromatic hydroxyl groups is 2. The van der Waals surface area contributed by atoms with Crippen LogP contribution in [0.5, 0.6) is 11.5 Å². The molecule has 0 heterocycles. The molecule has 3 aromatic rings. The predicted molar refractivity (Wildman–Crippen MR) is 90.6 cm³/mol. The van der Waals surface area contributed by atoms with Gasteiger partial charge in [-0.15, -0.1) is 0 Å². The number of phenols is 2. The van der Waals surface area contributed by atoms with Crippen LogP contribution in [0.15, 0.2) is 42.5 Å². The molecule has 0 radical (unpaired) electrons. The number of carbonyl (C=O) groups excluding carboxylic acids is 3. The van der Waals surface area contributed by atoms with Gasteiger partial charge in [-0.25, -0.2) is 0 Å². The number of Topliss-reactive ketones (excluding diaryl/α,β-unsaturated/α-hetero) is 1. The normalized spacial score (nSPS) is 12.8. The van der Waals surface area contributed by atoms with E-state index in [1.807, 2.05) is 0 Å². The highest BCUT2D eigenvalue weighted by Crippen LogP contribution is 2.44. The molecule has 4 rings (SSSR count). The van der Waals surface area contributed by atoms with E-state index in [1.54, 1.807) is 12.1 Å². The summed E-state index contributed by atoms with van der Waals surface area (Å²) in [4.78, 5) is 37.2. The summed E-state index contributed by atoms with van der Waals surface area (Å²) in [6, 6.07) is 10.6. The highest BCUT2D eigenvalue weighted by molar-refractivity contribution is 6.32. The second-order valence-corrected chi connectivity index (χ2v) is 5.97. The largest absolute Gasteiger partial charge is 0.506 e. The van der Waals surface area contributed by atoms with Gasteiger partial charge in [0, 0.05) is 27.5 Å². The molecule has 3 aromatic carbocycles. The fourth-order valence-electron chi connectivity index (χ4n) is 3.26. The van der Waals surface area contributed by atoms with Crippen molar-refractivity contribution < 1.29 is 24.6 Å². The molecule has 0 bridgehead atoms. The van der Waals surface area contributed by atoms with E-state index in [0.717, 1.165) is 0 Å². The molecule has 25 heavy (non-hydrogen) atoms. The molecular weight excluding hydrogens is 320 g/mol. The van der Waals surface area contributed by atoms with Crippen molar-refractivity contribution in [3.05, 3.63) is 70.3 Å². The van der Waals surface area contributed by atoms with Crippen LogP contribution in [0.4, 0.5) is 0 Å². The van der Waals surface area contributed by atoms with Gasteiger partial charge in [0.15, 0.2) is 17.3 Å². The van der Waals surface area contributed by atoms with Gasteiger partial charge >= 0.3 is 0 Å². The molecule has 0 amide bonds. The van der Waals surface area contributed by atoms with Gasteiger partial charge in [0.2, 0.25) is 0 Å². The van der Waals surface area contributed by atoms with Crippen LogP contribution >= 0.6 is 0 Å². The minimum atomic E-state index is -0.534. The van der Waals surface area contributed by atoms with Gasteiger partial charge in [-0.2, -0.15) is 0 Å². The summed E-state index contributed by atoms with van der Waals surface area (Å²) in [5, 5.41) is 21.6. The van der Waals surface area contributed by atoms with Crippen LogP contribution < -0.4 is 0 Å². The molecular formula is C20H12O5. The molecule has 0 spiro atoms. The minimum absolute atomic E-state index is 0.157. The Labute approximate surface area is 142 Å². The maximum atomic E-state index is 12.8. The van der Waals surface area contributed by atoms with Crippen LogP contribution in [0.1, 0.15) is 49.1 Å². The van der Waals surface area contributed by atoms with Crippen molar-refractivity contribution >= 4 is 28.1 Å². The van der Waals surface area contributed by atoms with Crippen molar-refractivity contribution in [3.63, 3.8) is 0 Å². The molecule has 0 aromatic heterocycles. The van der Waals surface area contributed by atoms with E-state index in [1.165, 1.54) is 37.3 Å². The van der Waals surface area contributed by atoms with E-state index in [-0.39, 0.29) is 44.6 Å². The zero-order chi connectivity index (χ0) is 17.9. The summed E-state index contributed by atoms with van der Waals surface area (Å²) in [7, 11) is 0. The Balaban J connectivity index is 2.14. The first-order valence-corrected chi connectivity index (χ1v) is 7.62. The summed E-state index contributed by atoms with van der Waals surface area (Å²) in [6.07, 6.45) is 0. The molecule has 0 aliphatic heterocycles. The molecule has 0 fully saturated rings. The van der Waals surface area contributed by atoms with Crippen LogP contribution in [0.25, 0.3) is 10.8 Å². The summed E-state index contributed by atoms with van der Waals surface area (Å²) >= 11 is 0. The third kappa shape index (κ3) is 1.92. The van der Waals surface area contributed by atoms with E-state index < -0.39 is 17.3 Å². The Morgan fingerprint density at radius 3 is 1.84 bits per heavy atom. The smallest absolute Gasteiger partial charge is 0.198 e. The van der Waals surface area contributed by atoms with E-state index in [4.69, 9.17) is 0 Å². The molecule has 5 heteroatoms. The fourth-order valence-corrected chi connectivity index (χ4v) is 3.26. The van der Waals surface area contributed by atoms with Crippen molar-refractivity contribution in [3.8, 4) is 11.5 Å². The van der Waals surface area contributed by atoms with Crippen LogP contribution in [0.3, 0.4) is 0 Å². The fraction of sp³-hybridized carbons (Fsp3) is 0.0500. The quantitative estimate of drug-likeness (QED) is 0.412. The molecule has 122 valence electrons. The SMILES string of the molecule is CC(=O)c1ccc2c(O)c3c(c(O)c2c1)C(=O)c1ccccc1C3=O. The number of benzene rings is 3. The topological polar surface area (TPSA) is 91.7 Å². The number of ketones is 3. The lowest BCUT2D eigenvalue weighted by Gasteiger charge is -2.21. The van der Waals surface area contributed by atoms with Crippen molar-refractivity contribution in [1.82, 2.24) is 0 Å². The lowest BCUT2D eigenvalue weighted by Crippen LogP contribution is -2.21.